The molecule has 26 heavy (non-hydrogen) atoms. The minimum atomic E-state index is 0.446. The van der Waals surface area contributed by atoms with Crippen LogP contribution < -0.4 is 9.80 Å². The summed E-state index contributed by atoms with van der Waals surface area (Å²) in [6, 6.07) is 15.2. The van der Waals surface area contributed by atoms with Crippen LogP contribution in [0.1, 0.15) is 25.5 Å². The number of nitrogens with zero attached hydrogens (tertiary/aromatic N) is 5. The summed E-state index contributed by atoms with van der Waals surface area (Å²) in [6.45, 7) is 4.17. The van der Waals surface area contributed by atoms with Gasteiger partial charge in [-0.05, 0) is 43.5 Å². The lowest BCUT2D eigenvalue weighted by molar-refractivity contribution is 0.485. The second-order valence-corrected chi connectivity index (χ2v) is 6.94. The van der Waals surface area contributed by atoms with Crippen molar-refractivity contribution < 1.29 is 0 Å². The summed E-state index contributed by atoms with van der Waals surface area (Å²) in [6.07, 6.45) is 5.02. The summed E-state index contributed by atoms with van der Waals surface area (Å²) in [5.41, 5.74) is 3.50. The zero-order valence-electron chi connectivity index (χ0n) is 15.5. The normalized spacial score (nSPS) is 17.5. The number of likely N-dealkylation sites (N-methyl/N-ethyl adjacent to an activating group) is 1. The van der Waals surface area contributed by atoms with Gasteiger partial charge in [-0.15, -0.1) is 5.10 Å². The molecular formula is C21H25N5. The van der Waals surface area contributed by atoms with Crippen LogP contribution in [0.5, 0.6) is 0 Å². The summed E-state index contributed by atoms with van der Waals surface area (Å²) in [5.74, 6) is 0.972. The quantitative estimate of drug-likeness (QED) is 0.720. The van der Waals surface area contributed by atoms with Gasteiger partial charge in [0.1, 0.15) is 0 Å². The maximum atomic E-state index is 4.79. The molecule has 134 valence electrons. The Morgan fingerprint density at radius 2 is 2.08 bits per heavy atom. The molecule has 5 nitrogen and oxygen atoms in total. The van der Waals surface area contributed by atoms with Crippen molar-refractivity contribution in [3.63, 3.8) is 0 Å². The Morgan fingerprint density at radius 1 is 1.19 bits per heavy atom. The first-order valence-corrected chi connectivity index (χ1v) is 9.40. The average molecular weight is 347 g/mol. The SMILES string of the molecule is CCc1cc(N(C)C2CCCN(c3cccnn3)C2)c2ccccc2n1. The number of hydrogen-bond donors (Lipinski definition) is 0. The van der Waals surface area contributed by atoms with Gasteiger partial charge < -0.3 is 9.80 Å². The van der Waals surface area contributed by atoms with Crippen LogP contribution in [-0.2, 0) is 6.42 Å². The first kappa shape index (κ1) is 16.8. The molecule has 0 spiro atoms. The number of benzene rings is 1. The smallest absolute Gasteiger partial charge is 0.151 e. The summed E-state index contributed by atoms with van der Waals surface area (Å²) in [7, 11) is 2.21. The number of rotatable bonds is 4. The number of piperidine rings is 1. The molecule has 1 aliphatic heterocycles. The molecule has 4 rings (SSSR count). The molecule has 1 unspecified atom stereocenters. The lowest BCUT2D eigenvalue weighted by Gasteiger charge is -2.39. The Kier molecular flexibility index (Phi) is 4.69. The molecule has 1 aromatic carbocycles. The number of hydrogen-bond acceptors (Lipinski definition) is 5. The van der Waals surface area contributed by atoms with Gasteiger partial charge in [0.25, 0.3) is 0 Å². The monoisotopic (exact) mass is 347 g/mol. The van der Waals surface area contributed by atoms with E-state index in [2.05, 4.69) is 64.3 Å². The third kappa shape index (κ3) is 3.21. The molecule has 1 fully saturated rings. The number of fused-ring (bicyclic) bond motifs is 1. The Balaban J connectivity index is 1.65. The summed E-state index contributed by atoms with van der Waals surface area (Å²) in [5, 5.41) is 9.56. The lowest BCUT2D eigenvalue weighted by Crippen LogP contribution is -2.47. The number of pyridine rings is 1. The van der Waals surface area contributed by atoms with E-state index in [4.69, 9.17) is 4.98 Å². The summed E-state index contributed by atoms with van der Waals surface area (Å²) in [4.78, 5) is 9.57. The van der Waals surface area contributed by atoms with E-state index < -0.39 is 0 Å². The van der Waals surface area contributed by atoms with Crippen LogP contribution in [-0.4, -0.2) is 41.4 Å². The number of aryl methyl sites for hydroxylation is 1. The van der Waals surface area contributed by atoms with Crippen molar-refractivity contribution in [1.82, 2.24) is 15.2 Å². The van der Waals surface area contributed by atoms with E-state index in [1.807, 2.05) is 12.1 Å². The van der Waals surface area contributed by atoms with Gasteiger partial charge in [-0.25, -0.2) is 0 Å². The molecule has 3 heterocycles. The van der Waals surface area contributed by atoms with Crippen molar-refractivity contribution in [1.29, 1.82) is 0 Å². The first-order valence-electron chi connectivity index (χ1n) is 9.40. The topological polar surface area (TPSA) is 45.2 Å². The molecule has 3 aromatic rings. The molecule has 0 saturated carbocycles. The molecule has 0 N–H and O–H groups in total. The van der Waals surface area contributed by atoms with Gasteiger partial charge >= 0.3 is 0 Å². The van der Waals surface area contributed by atoms with Crippen molar-refractivity contribution in [3.8, 4) is 0 Å². The first-order chi connectivity index (χ1) is 12.8. The van der Waals surface area contributed by atoms with Gasteiger partial charge in [-0.1, -0.05) is 25.1 Å². The van der Waals surface area contributed by atoms with E-state index in [1.165, 1.54) is 17.5 Å². The second kappa shape index (κ2) is 7.28. The summed E-state index contributed by atoms with van der Waals surface area (Å²) >= 11 is 0. The van der Waals surface area contributed by atoms with E-state index in [1.54, 1.807) is 6.20 Å². The Labute approximate surface area is 154 Å². The van der Waals surface area contributed by atoms with E-state index in [9.17, 15) is 0 Å². The number of aromatic nitrogens is 3. The van der Waals surface area contributed by atoms with Crippen molar-refractivity contribution in [2.24, 2.45) is 0 Å². The highest BCUT2D eigenvalue weighted by Gasteiger charge is 2.25. The van der Waals surface area contributed by atoms with Crippen LogP contribution in [0, 0.1) is 0 Å². The zero-order valence-corrected chi connectivity index (χ0v) is 15.5. The molecule has 0 radical (unpaired) electrons. The number of anilines is 2. The molecule has 0 bridgehead atoms. The number of para-hydroxylation sites is 1. The van der Waals surface area contributed by atoms with Crippen LogP contribution in [0.3, 0.4) is 0 Å². The molecule has 1 atom stereocenters. The second-order valence-electron chi connectivity index (χ2n) is 6.94. The molecular weight excluding hydrogens is 322 g/mol. The predicted molar refractivity (Wildman–Crippen MR) is 107 cm³/mol. The fraction of sp³-hybridized carbons (Fsp3) is 0.381. The highest BCUT2D eigenvalue weighted by molar-refractivity contribution is 5.92. The molecule has 2 aromatic heterocycles. The maximum Gasteiger partial charge on any atom is 0.151 e. The van der Waals surface area contributed by atoms with Crippen LogP contribution in [0.15, 0.2) is 48.7 Å². The fourth-order valence-corrected chi connectivity index (χ4v) is 3.82. The fourth-order valence-electron chi connectivity index (χ4n) is 3.82. The van der Waals surface area contributed by atoms with Gasteiger partial charge in [-0.3, -0.25) is 4.98 Å². The Morgan fingerprint density at radius 3 is 2.88 bits per heavy atom. The van der Waals surface area contributed by atoms with E-state index in [-0.39, 0.29) is 0 Å². The van der Waals surface area contributed by atoms with E-state index in [0.29, 0.717) is 6.04 Å². The van der Waals surface area contributed by atoms with Crippen LogP contribution >= 0.6 is 0 Å². The van der Waals surface area contributed by atoms with Crippen LogP contribution in [0.2, 0.25) is 0 Å². The molecule has 1 saturated heterocycles. The van der Waals surface area contributed by atoms with Gasteiger partial charge in [0.05, 0.1) is 5.52 Å². The van der Waals surface area contributed by atoms with Gasteiger partial charge in [0, 0.05) is 49.1 Å². The molecule has 0 amide bonds. The van der Waals surface area contributed by atoms with Crippen molar-refractivity contribution in [3.05, 3.63) is 54.4 Å². The highest BCUT2D eigenvalue weighted by Crippen LogP contribution is 2.30. The van der Waals surface area contributed by atoms with E-state index >= 15 is 0 Å². The van der Waals surface area contributed by atoms with E-state index in [0.717, 1.165) is 43.0 Å². The molecule has 1 aliphatic rings. The standard InChI is InChI=1S/C21H25N5/c1-3-16-14-20(18-9-4-5-10-19(18)23-16)25(2)17-8-7-13-26(15-17)21-11-6-12-22-24-21/h4-6,9-12,14,17H,3,7-8,13,15H2,1-2H3. The van der Waals surface area contributed by atoms with Gasteiger partial charge in [0.2, 0.25) is 0 Å². The van der Waals surface area contributed by atoms with Crippen molar-refractivity contribution >= 4 is 22.4 Å². The Hall–Kier alpha value is -2.69. The predicted octanol–water partition coefficient (Wildman–Crippen LogP) is 3.69. The lowest BCUT2D eigenvalue weighted by atomic mass is 10.0. The van der Waals surface area contributed by atoms with Crippen LogP contribution in [0.4, 0.5) is 11.5 Å². The van der Waals surface area contributed by atoms with Crippen molar-refractivity contribution in [2.75, 3.05) is 29.9 Å². The third-order valence-electron chi connectivity index (χ3n) is 5.32. The van der Waals surface area contributed by atoms with Gasteiger partial charge in [-0.2, -0.15) is 5.10 Å². The highest BCUT2D eigenvalue weighted by atomic mass is 15.3. The van der Waals surface area contributed by atoms with Crippen LogP contribution in [0.25, 0.3) is 10.9 Å². The zero-order chi connectivity index (χ0) is 17.9. The van der Waals surface area contributed by atoms with Gasteiger partial charge in [0.15, 0.2) is 5.82 Å². The van der Waals surface area contributed by atoms with Crippen molar-refractivity contribution in [2.45, 2.75) is 32.2 Å². The maximum absolute atomic E-state index is 4.79. The average Bonchev–Trinajstić information content (AvgIpc) is 2.73. The Bertz CT molecular complexity index is 880. The minimum absolute atomic E-state index is 0.446. The summed E-state index contributed by atoms with van der Waals surface area (Å²) < 4.78 is 0. The molecule has 0 aliphatic carbocycles. The largest absolute Gasteiger partial charge is 0.369 e. The molecule has 5 heteroatoms. The third-order valence-corrected chi connectivity index (χ3v) is 5.32. The minimum Gasteiger partial charge on any atom is -0.369 e.